The summed E-state index contributed by atoms with van der Waals surface area (Å²) in [6, 6.07) is 7.43. The van der Waals surface area contributed by atoms with Gasteiger partial charge in [0.15, 0.2) is 6.61 Å². The second-order valence-corrected chi connectivity index (χ2v) is 7.45. The van der Waals surface area contributed by atoms with E-state index in [4.69, 9.17) is 9.26 Å². The number of ether oxygens (including phenoxy) is 1. The molecule has 9 nitrogen and oxygen atoms in total. The van der Waals surface area contributed by atoms with E-state index in [1.165, 1.54) is 0 Å². The molecule has 1 saturated heterocycles. The highest BCUT2D eigenvalue weighted by Gasteiger charge is 2.26. The number of piperazine rings is 1. The molecule has 0 spiro atoms. The molecule has 2 aromatic rings. The average Bonchev–Trinajstić information content (AvgIpc) is 3.44. The summed E-state index contributed by atoms with van der Waals surface area (Å²) in [7, 11) is 0. The highest BCUT2D eigenvalue weighted by Crippen LogP contribution is 2.19. The van der Waals surface area contributed by atoms with Gasteiger partial charge in [0.25, 0.3) is 5.91 Å². The van der Waals surface area contributed by atoms with Gasteiger partial charge in [-0.1, -0.05) is 5.16 Å². The predicted octanol–water partition coefficient (Wildman–Crippen LogP) is 0.993. The van der Waals surface area contributed by atoms with Crippen LogP contribution in [0.25, 0.3) is 0 Å². The van der Waals surface area contributed by atoms with Crippen molar-refractivity contribution in [3.63, 3.8) is 0 Å². The number of carbonyl (C=O) groups is 2. The van der Waals surface area contributed by atoms with Crippen LogP contribution in [0, 0.1) is 6.92 Å². The zero-order chi connectivity index (χ0) is 20.2. The number of amides is 2. The molecular weight excluding hydrogens is 374 g/mol. The Balaban J connectivity index is 1.23. The highest BCUT2D eigenvalue weighted by atomic mass is 16.5. The molecule has 1 aromatic heterocycles. The molecule has 1 aliphatic heterocycles. The minimum Gasteiger partial charge on any atom is -0.485 e. The number of carbonyl (C=O) groups excluding carboxylic acids is 2. The van der Waals surface area contributed by atoms with E-state index in [-0.39, 0.29) is 18.4 Å². The molecule has 29 heavy (non-hydrogen) atoms. The average molecular weight is 399 g/mol. The summed E-state index contributed by atoms with van der Waals surface area (Å²) >= 11 is 0. The lowest BCUT2D eigenvalue weighted by Gasteiger charge is -2.34. The molecule has 1 N–H and O–H groups in total. The van der Waals surface area contributed by atoms with Gasteiger partial charge in [-0.3, -0.25) is 14.5 Å². The van der Waals surface area contributed by atoms with E-state index in [9.17, 15) is 9.59 Å². The zero-order valence-corrected chi connectivity index (χ0v) is 16.5. The number of benzene rings is 1. The van der Waals surface area contributed by atoms with Crippen LogP contribution in [0.5, 0.6) is 5.75 Å². The first-order valence-electron chi connectivity index (χ1n) is 9.90. The molecule has 0 bridgehead atoms. The number of hydrogen-bond acceptors (Lipinski definition) is 7. The van der Waals surface area contributed by atoms with Crippen LogP contribution in [0.4, 0.5) is 0 Å². The first-order valence-corrected chi connectivity index (χ1v) is 9.90. The molecule has 1 aromatic carbocycles. The van der Waals surface area contributed by atoms with E-state index in [1.54, 1.807) is 31.2 Å². The van der Waals surface area contributed by atoms with Gasteiger partial charge in [0.2, 0.25) is 17.6 Å². The molecular formula is C20H25N5O4. The third-order valence-corrected chi connectivity index (χ3v) is 5.01. The summed E-state index contributed by atoms with van der Waals surface area (Å²) in [5.74, 6) is 1.68. The Bertz CT molecular complexity index is 854. The van der Waals surface area contributed by atoms with Crippen molar-refractivity contribution in [3.8, 4) is 5.75 Å². The first kappa shape index (κ1) is 19.4. The smallest absolute Gasteiger partial charge is 0.253 e. The van der Waals surface area contributed by atoms with E-state index < -0.39 is 0 Å². The van der Waals surface area contributed by atoms with Gasteiger partial charge in [0, 0.05) is 44.7 Å². The van der Waals surface area contributed by atoms with Crippen LogP contribution in [-0.2, 0) is 11.4 Å². The van der Waals surface area contributed by atoms with Crippen molar-refractivity contribution in [1.82, 2.24) is 25.3 Å². The Morgan fingerprint density at radius 2 is 1.90 bits per heavy atom. The zero-order valence-electron chi connectivity index (χ0n) is 16.5. The quantitative estimate of drug-likeness (QED) is 0.741. The van der Waals surface area contributed by atoms with Gasteiger partial charge in [0.1, 0.15) is 5.75 Å². The monoisotopic (exact) mass is 399 g/mol. The fourth-order valence-corrected chi connectivity index (χ4v) is 3.24. The number of hydrogen-bond donors (Lipinski definition) is 1. The van der Waals surface area contributed by atoms with Crippen molar-refractivity contribution in [2.24, 2.45) is 0 Å². The van der Waals surface area contributed by atoms with Crippen LogP contribution in [-0.4, -0.2) is 70.5 Å². The van der Waals surface area contributed by atoms with Crippen LogP contribution in [0.3, 0.4) is 0 Å². The van der Waals surface area contributed by atoms with Crippen molar-refractivity contribution in [3.05, 3.63) is 41.5 Å². The van der Waals surface area contributed by atoms with Crippen molar-refractivity contribution in [1.29, 1.82) is 0 Å². The van der Waals surface area contributed by atoms with Crippen LogP contribution in [0.15, 0.2) is 28.8 Å². The Labute approximate surface area is 169 Å². The predicted molar refractivity (Wildman–Crippen MR) is 103 cm³/mol. The minimum atomic E-state index is -0.00701. The number of nitrogens with one attached hydrogen (secondary N) is 1. The number of nitrogens with zero attached hydrogens (tertiary/aromatic N) is 4. The summed E-state index contributed by atoms with van der Waals surface area (Å²) in [5.41, 5.74) is 0.618. The third-order valence-electron chi connectivity index (χ3n) is 5.01. The van der Waals surface area contributed by atoms with Crippen LogP contribution < -0.4 is 10.1 Å². The second-order valence-electron chi connectivity index (χ2n) is 7.45. The Morgan fingerprint density at radius 1 is 1.17 bits per heavy atom. The maximum atomic E-state index is 12.7. The molecule has 2 fully saturated rings. The van der Waals surface area contributed by atoms with Crippen LogP contribution in [0.1, 0.15) is 34.9 Å². The summed E-state index contributed by atoms with van der Waals surface area (Å²) in [5, 5.41) is 6.78. The van der Waals surface area contributed by atoms with Gasteiger partial charge in [-0.25, -0.2) is 0 Å². The maximum Gasteiger partial charge on any atom is 0.253 e. The molecule has 1 saturated carbocycles. The summed E-state index contributed by atoms with van der Waals surface area (Å²) in [6.07, 6.45) is 2.18. The Morgan fingerprint density at radius 3 is 2.52 bits per heavy atom. The Hall–Kier alpha value is -2.94. The van der Waals surface area contributed by atoms with Gasteiger partial charge in [0.05, 0.1) is 6.54 Å². The lowest BCUT2D eigenvalue weighted by molar-refractivity contribution is -0.122. The normalized spacial score (nSPS) is 17.2. The van der Waals surface area contributed by atoms with Crippen molar-refractivity contribution >= 4 is 11.8 Å². The van der Waals surface area contributed by atoms with Gasteiger partial charge >= 0.3 is 0 Å². The second kappa shape index (κ2) is 8.60. The summed E-state index contributed by atoms with van der Waals surface area (Å²) in [4.78, 5) is 32.7. The molecule has 154 valence electrons. The van der Waals surface area contributed by atoms with E-state index in [0.29, 0.717) is 61.8 Å². The largest absolute Gasteiger partial charge is 0.485 e. The third kappa shape index (κ3) is 5.32. The van der Waals surface area contributed by atoms with Crippen LogP contribution in [0.2, 0.25) is 0 Å². The maximum absolute atomic E-state index is 12.7. The summed E-state index contributed by atoms with van der Waals surface area (Å²) < 4.78 is 10.5. The topological polar surface area (TPSA) is 101 Å². The lowest BCUT2D eigenvalue weighted by atomic mass is 10.1. The molecule has 1 aliphatic carbocycles. The molecule has 2 heterocycles. The van der Waals surface area contributed by atoms with E-state index >= 15 is 0 Å². The van der Waals surface area contributed by atoms with Gasteiger partial charge in [-0.15, -0.1) is 0 Å². The van der Waals surface area contributed by atoms with Crippen molar-refractivity contribution in [2.45, 2.75) is 32.4 Å². The van der Waals surface area contributed by atoms with E-state index in [2.05, 4.69) is 20.4 Å². The highest BCUT2D eigenvalue weighted by molar-refractivity contribution is 5.94. The van der Waals surface area contributed by atoms with Gasteiger partial charge < -0.3 is 19.5 Å². The minimum absolute atomic E-state index is 0.00701. The van der Waals surface area contributed by atoms with Crippen LogP contribution >= 0.6 is 0 Å². The van der Waals surface area contributed by atoms with Crippen molar-refractivity contribution < 1.29 is 18.8 Å². The molecule has 0 radical (unpaired) electrons. The van der Waals surface area contributed by atoms with Crippen molar-refractivity contribution in [2.75, 3.05) is 32.7 Å². The number of aromatic nitrogens is 2. The molecule has 9 heteroatoms. The molecule has 4 rings (SSSR count). The number of rotatable bonds is 7. The molecule has 2 amide bonds. The van der Waals surface area contributed by atoms with Gasteiger partial charge in [-0.2, -0.15) is 4.98 Å². The Kier molecular flexibility index (Phi) is 5.75. The fraction of sp³-hybridized carbons (Fsp3) is 0.500. The standard InChI is InChI=1S/C20H25N5O4/c1-14-21-18(23-29-14)13-28-17-6-2-15(3-7-17)20(27)25-10-8-24(9-11-25)12-19(26)22-16-4-5-16/h2-3,6-7,16H,4-5,8-13H2,1H3,(H,22,26). The van der Waals surface area contributed by atoms with Gasteiger partial charge in [-0.05, 0) is 37.1 Å². The number of aryl methyl sites for hydroxylation is 1. The van der Waals surface area contributed by atoms with E-state index in [1.807, 2.05) is 4.90 Å². The molecule has 0 atom stereocenters. The molecule has 2 aliphatic rings. The van der Waals surface area contributed by atoms with E-state index in [0.717, 1.165) is 12.8 Å². The lowest BCUT2D eigenvalue weighted by Crippen LogP contribution is -2.51. The molecule has 0 unspecified atom stereocenters. The SMILES string of the molecule is Cc1nc(COc2ccc(C(=O)N3CCN(CC(=O)NC4CC4)CC3)cc2)no1. The first-order chi connectivity index (χ1) is 14.1. The fourth-order valence-electron chi connectivity index (χ4n) is 3.24. The summed E-state index contributed by atoms with van der Waals surface area (Å²) in [6.45, 7) is 4.98.